The van der Waals surface area contributed by atoms with Gasteiger partial charge in [0.2, 0.25) is 0 Å². The fourth-order valence-corrected chi connectivity index (χ4v) is 3.39. The number of hydrogen-bond donors (Lipinski definition) is 0. The summed E-state index contributed by atoms with van der Waals surface area (Å²) in [6.45, 7) is 6.37. The van der Waals surface area contributed by atoms with Gasteiger partial charge in [-0.05, 0) is 42.9 Å². The monoisotopic (exact) mass is 224 g/mol. The van der Waals surface area contributed by atoms with Gasteiger partial charge in [-0.2, -0.15) is 0 Å². The summed E-state index contributed by atoms with van der Waals surface area (Å²) in [5.41, 5.74) is 0. The van der Waals surface area contributed by atoms with Crippen LogP contribution in [-0.2, 0) is 9.53 Å². The molecule has 0 N–H and O–H groups in total. The van der Waals surface area contributed by atoms with Crippen molar-refractivity contribution in [3.63, 3.8) is 0 Å². The molecule has 0 aromatic rings. The molecular formula is C14H24O2. The molecule has 2 saturated carbocycles. The second kappa shape index (κ2) is 5.51. The first-order valence-corrected chi connectivity index (χ1v) is 6.00. The highest BCUT2D eigenvalue weighted by molar-refractivity contribution is 5.81. The Kier molecular flexibility index (Phi) is 4.57. The van der Waals surface area contributed by atoms with Gasteiger partial charge in [-0.25, -0.2) is 4.79 Å². The molecule has 0 aromatic heterocycles. The van der Waals surface area contributed by atoms with E-state index in [0.717, 1.165) is 17.8 Å². The average Bonchev–Trinajstić information content (AvgIpc) is 2.78. The fourth-order valence-electron chi connectivity index (χ4n) is 3.39. The number of hydrogen-bond acceptors (Lipinski definition) is 2. The molecule has 0 radical (unpaired) electrons. The fraction of sp³-hybridized carbons (Fsp3) is 0.786. The maximum Gasteiger partial charge on any atom is 0.330 e. The molecule has 4 unspecified atom stereocenters. The van der Waals surface area contributed by atoms with Crippen molar-refractivity contribution in [2.24, 2.45) is 23.7 Å². The summed E-state index contributed by atoms with van der Waals surface area (Å²) in [5, 5.41) is 0. The zero-order chi connectivity index (χ0) is 10.8. The molecule has 2 nitrogen and oxygen atoms in total. The van der Waals surface area contributed by atoms with Gasteiger partial charge in [0.15, 0.2) is 0 Å². The molecule has 2 aliphatic carbocycles. The standard InChI is InChI=1S/C13H20O2.CH4/c1-3-13(14)15-8-10-6-11-5-4-9(2)12(11)7-10;/h3,9-12H,1,4-8H2,2H3;1H4. The Bertz CT molecular complexity index is 259. The lowest BCUT2D eigenvalue weighted by Gasteiger charge is -2.14. The van der Waals surface area contributed by atoms with Crippen molar-refractivity contribution in [3.05, 3.63) is 12.7 Å². The molecule has 2 heteroatoms. The molecule has 0 bridgehead atoms. The van der Waals surface area contributed by atoms with Crippen LogP contribution >= 0.6 is 0 Å². The van der Waals surface area contributed by atoms with Gasteiger partial charge in [0.25, 0.3) is 0 Å². The predicted octanol–water partition coefficient (Wildman–Crippen LogP) is 3.42. The summed E-state index contributed by atoms with van der Waals surface area (Å²) in [6, 6.07) is 0. The van der Waals surface area contributed by atoms with Gasteiger partial charge in [-0.15, -0.1) is 0 Å². The third kappa shape index (κ3) is 2.66. The van der Waals surface area contributed by atoms with Crippen LogP contribution in [0, 0.1) is 23.7 Å². The first-order chi connectivity index (χ1) is 7.20. The molecule has 4 atom stereocenters. The van der Waals surface area contributed by atoms with Crippen LogP contribution in [0.4, 0.5) is 0 Å². The van der Waals surface area contributed by atoms with Crippen molar-refractivity contribution in [1.29, 1.82) is 0 Å². The lowest BCUT2D eigenvalue weighted by atomic mass is 9.93. The van der Waals surface area contributed by atoms with Crippen LogP contribution in [0.5, 0.6) is 0 Å². The molecule has 2 fully saturated rings. The van der Waals surface area contributed by atoms with Crippen molar-refractivity contribution in [1.82, 2.24) is 0 Å². The van der Waals surface area contributed by atoms with Crippen LogP contribution in [-0.4, -0.2) is 12.6 Å². The Morgan fingerprint density at radius 2 is 2.19 bits per heavy atom. The molecule has 92 valence electrons. The highest BCUT2D eigenvalue weighted by Crippen LogP contribution is 2.49. The summed E-state index contributed by atoms with van der Waals surface area (Å²) in [5.74, 6) is 3.02. The van der Waals surface area contributed by atoms with Gasteiger partial charge < -0.3 is 4.74 Å². The molecule has 2 rings (SSSR count). The summed E-state index contributed by atoms with van der Waals surface area (Å²) >= 11 is 0. The number of ether oxygens (including phenoxy) is 1. The largest absolute Gasteiger partial charge is 0.462 e. The minimum atomic E-state index is -0.278. The van der Waals surface area contributed by atoms with Gasteiger partial charge in [-0.3, -0.25) is 0 Å². The van der Waals surface area contributed by atoms with E-state index < -0.39 is 0 Å². The van der Waals surface area contributed by atoms with Crippen molar-refractivity contribution >= 4 is 5.97 Å². The van der Waals surface area contributed by atoms with Crippen molar-refractivity contribution in [2.45, 2.75) is 40.0 Å². The zero-order valence-electron chi connectivity index (χ0n) is 9.45. The van der Waals surface area contributed by atoms with Gasteiger partial charge >= 0.3 is 5.97 Å². The SMILES string of the molecule is C.C=CC(=O)OCC1CC2CCC(C)C2C1. The Balaban J connectivity index is 0.00000128. The molecule has 0 aliphatic heterocycles. The van der Waals surface area contributed by atoms with E-state index in [-0.39, 0.29) is 13.4 Å². The van der Waals surface area contributed by atoms with Gasteiger partial charge in [0.05, 0.1) is 6.61 Å². The third-order valence-electron chi connectivity index (χ3n) is 4.20. The molecule has 16 heavy (non-hydrogen) atoms. The molecule has 0 spiro atoms. The molecule has 0 aromatic carbocycles. The lowest BCUT2D eigenvalue weighted by molar-refractivity contribution is -0.139. The first-order valence-electron chi connectivity index (χ1n) is 6.00. The predicted molar refractivity (Wildman–Crippen MR) is 66.0 cm³/mol. The van der Waals surface area contributed by atoms with Crippen LogP contribution in [0.25, 0.3) is 0 Å². The minimum absolute atomic E-state index is 0. The van der Waals surface area contributed by atoms with E-state index in [1.165, 1.54) is 31.8 Å². The van der Waals surface area contributed by atoms with Crippen LogP contribution < -0.4 is 0 Å². The molecule has 2 aliphatic rings. The van der Waals surface area contributed by atoms with Gasteiger partial charge in [0, 0.05) is 6.08 Å². The summed E-state index contributed by atoms with van der Waals surface area (Å²) in [4.78, 5) is 10.9. The smallest absolute Gasteiger partial charge is 0.330 e. The Morgan fingerprint density at radius 3 is 2.81 bits per heavy atom. The number of fused-ring (bicyclic) bond motifs is 1. The van der Waals surface area contributed by atoms with E-state index in [1.54, 1.807) is 0 Å². The zero-order valence-corrected chi connectivity index (χ0v) is 9.45. The lowest BCUT2D eigenvalue weighted by Crippen LogP contribution is -2.11. The van der Waals surface area contributed by atoms with E-state index in [2.05, 4.69) is 13.5 Å². The van der Waals surface area contributed by atoms with E-state index in [4.69, 9.17) is 4.74 Å². The second-order valence-corrected chi connectivity index (χ2v) is 5.15. The summed E-state index contributed by atoms with van der Waals surface area (Å²) < 4.78 is 5.12. The Hall–Kier alpha value is -0.790. The number of carbonyl (C=O) groups is 1. The third-order valence-corrected chi connectivity index (χ3v) is 4.20. The van der Waals surface area contributed by atoms with Gasteiger partial charge in [-0.1, -0.05) is 27.4 Å². The molecule has 0 amide bonds. The van der Waals surface area contributed by atoms with Crippen LogP contribution in [0.15, 0.2) is 12.7 Å². The summed E-state index contributed by atoms with van der Waals surface area (Å²) in [6.07, 6.45) is 6.56. The average molecular weight is 224 g/mol. The Morgan fingerprint density at radius 1 is 1.44 bits per heavy atom. The Labute approximate surface area is 99.1 Å². The van der Waals surface area contributed by atoms with Crippen LogP contribution in [0.3, 0.4) is 0 Å². The highest BCUT2D eigenvalue weighted by Gasteiger charge is 2.41. The van der Waals surface area contributed by atoms with Crippen molar-refractivity contribution < 1.29 is 9.53 Å². The second-order valence-electron chi connectivity index (χ2n) is 5.15. The van der Waals surface area contributed by atoms with E-state index in [0.29, 0.717) is 12.5 Å². The first kappa shape index (κ1) is 13.3. The van der Waals surface area contributed by atoms with Gasteiger partial charge in [0.1, 0.15) is 0 Å². The number of rotatable bonds is 3. The topological polar surface area (TPSA) is 26.3 Å². The van der Waals surface area contributed by atoms with Crippen molar-refractivity contribution in [3.8, 4) is 0 Å². The normalized spacial score (nSPS) is 36.3. The van der Waals surface area contributed by atoms with Crippen LogP contribution in [0.2, 0.25) is 0 Å². The van der Waals surface area contributed by atoms with E-state index in [1.807, 2.05) is 0 Å². The van der Waals surface area contributed by atoms with Crippen LogP contribution in [0.1, 0.15) is 40.0 Å². The maximum atomic E-state index is 10.9. The molecular weight excluding hydrogens is 200 g/mol. The minimum Gasteiger partial charge on any atom is -0.462 e. The molecule has 0 heterocycles. The van der Waals surface area contributed by atoms with E-state index in [9.17, 15) is 4.79 Å². The van der Waals surface area contributed by atoms with Crippen molar-refractivity contribution in [2.75, 3.05) is 6.61 Å². The maximum absolute atomic E-state index is 10.9. The number of esters is 1. The quantitative estimate of drug-likeness (QED) is 0.542. The number of carbonyl (C=O) groups excluding carboxylic acids is 1. The van der Waals surface area contributed by atoms with E-state index >= 15 is 0 Å². The summed E-state index contributed by atoms with van der Waals surface area (Å²) in [7, 11) is 0. The molecule has 0 saturated heterocycles. The highest BCUT2D eigenvalue weighted by atomic mass is 16.5.